The molecule has 0 radical (unpaired) electrons. The fraction of sp³-hybridized carbons (Fsp3) is 0.214. The predicted molar refractivity (Wildman–Crippen MR) is 73.0 cm³/mol. The zero-order chi connectivity index (χ0) is 15.6. The lowest BCUT2D eigenvalue weighted by Crippen LogP contribution is -2.27. The highest BCUT2D eigenvalue weighted by Crippen LogP contribution is 2.32. The first-order valence-corrected chi connectivity index (χ1v) is 6.41. The van der Waals surface area contributed by atoms with Crippen LogP contribution >= 0.6 is 11.6 Å². The van der Waals surface area contributed by atoms with Crippen molar-refractivity contribution in [2.24, 2.45) is 0 Å². The van der Waals surface area contributed by atoms with Gasteiger partial charge < -0.3 is 9.88 Å². The van der Waals surface area contributed by atoms with E-state index in [-0.39, 0.29) is 17.8 Å². The Kier molecular flexibility index (Phi) is 4.27. The van der Waals surface area contributed by atoms with Crippen molar-refractivity contribution in [2.45, 2.75) is 12.7 Å². The summed E-state index contributed by atoms with van der Waals surface area (Å²) in [4.78, 5) is 16.0. The number of amides is 1. The van der Waals surface area contributed by atoms with E-state index in [1.807, 2.05) is 0 Å². The van der Waals surface area contributed by atoms with Crippen molar-refractivity contribution in [3.63, 3.8) is 0 Å². The van der Waals surface area contributed by atoms with Gasteiger partial charge in [-0.1, -0.05) is 29.8 Å². The fourth-order valence-corrected chi connectivity index (χ4v) is 2.12. The molecule has 0 unspecified atom stereocenters. The molecule has 1 heterocycles. The molecule has 112 valence electrons. The third kappa shape index (κ3) is 3.58. The molecule has 0 spiro atoms. The second-order valence-corrected chi connectivity index (χ2v) is 4.98. The van der Waals surface area contributed by atoms with E-state index in [0.717, 1.165) is 6.07 Å². The number of rotatable bonds is 3. The first kappa shape index (κ1) is 15.4. The molecule has 1 aromatic heterocycles. The Morgan fingerprint density at radius 2 is 2.00 bits per heavy atom. The Labute approximate surface area is 124 Å². The average molecular weight is 317 g/mol. The molecule has 0 atom stereocenters. The molecule has 0 fully saturated rings. The molecule has 2 aromatic rings. The van der Waals surface area contributed by atoms with Gasteiger partial charge in [-0.25, -0.2) is 0 Å². The normalized spacial score (nSPS) is 11.5. The van der Waals surface area contributed by atoms with Crippen molar-refractivity contribution in [1.29, 1.82) is 0 Å². The second-order valence-electron chi connectivity index (χ2n) is 4.55. The van der Waals surface area contributed by atoms with Crippen molar-refractivity contribution < 1.29 is 18.0 Å². The lowest BCUT2D eigenvalue weighted by molar-refractivity contribution is -0.138. The first-order valence-electron chi connectivity index (χ1n) is 6.03. The maximum atomic E-state index is 12.9. The summed E-state index contributed by atoms with van der Waals surface area (Å²) in [6.45, 7) is -0.148. The van der Waals surface area contributed by atoms with Gasteiger partial charge in [0.15, 0.2) is 0 Å². The van der Waals surface area contributed by atoms with E-state index >= 15 is 0 Å². The van der Waals surface area contributed by atoms with Gasteiger partial charge in [0, 0.05) is 19.8 Å². The van der Waals surface area contributed by atoms with Gasteiger partial charge in [-0.15, -0.1) is 0 Å². The van der Waals surface area contributed by atoms with Crippen LogP contribution in [0.2, 0.25) is 5.02 Å². The molecule has 0 saturated heterocycles. The second kappa shape index (κ2) is 5.81. The van der Waals surface area contributed by atoms with E-state index in [1.54, 1.807) is 0 Å². The van der Waals surface area contributed by atoms with Crippen LogP contribution in [0.1, 0.15) is 21.6 Å². The van der Waals surface area contributed by atoms with E-state index < -0.39 is 17.6 Å². The number of halogens is 4. The maximum Gasteiger partial charge on any atom is 0.416 e. The van der Waals surface area contributed by atoms with Gasteiger partial charge >= 0.3 is 6.18 Å². The Morgan fingerprint density at radius 1 is 1.33 bits per heavy atom. The topological polar surface area (TPSA) is 36.1 Å². The summed E-state index contributed by atoms with van der Waals surface area (Å²) in [5.74, 6) is -0.432. The molecule has 0 aliphatic heterocycles. The van der Waals surface area contributed by atoms with E-state index in [4.69, 9.17) is 11.6 Å². The Morgan fingerprint density at radius 3 is 2.57 bits per heavy atom. The van der Waals surface area contributed by atoms with Gasteiger partial charge in [0.2, 0.25) is 0 Å². The molecular weight excluding hydrogens is 305 g/mol. The van der Waals surface area contributed by atoms with Crippen molar-refractivity contribution in [3.05, 3.63) is 58.4 Å². The molecule has 7 heteroatoms. The molecule has 3 nitrogen and oxygen atoms in total. The molecular formula is C14H12ClF3N2O. The van der Waals surface area contributed by atoms with Crippen LogP contribution in [0.5, 0.6) is 0 Å². The zero-order valence-corrected chi connectivity index (χ0v) is 11.8. The summed E-state index contributed by atoms with van der Waals surface area (Å²) in [6.07, 6.45) is -3.01. The van der Waals surface area contributed by atoms with Gasteiger partial charge in [0.05, 0.1) is 10.6 Å². The predicted octanol–water partition coefficient (Wildman–Crippen LogP) is 3.96. The van der Waals surface area contributed by atoms with E-state index in [0.29, 0.717) is 5.02 Å². The van der Waals surface area contributed by atoms with E-state index in [2.05, 4.69) is 4.98 Å². The quantitative estimate of drug-likeness (QED) is 0.914. The van der Waals surface area contributed by atoms with E-state index in [9.17, 15) is 18.0 Å². The van der Waals surface area contributed by atoms with Crippen LogP contribution in [-0.4, -0.2) is 22.8 Å². The van der Waals surface area contributed by atoms with Gasteiger partial charge in [0.25, 0.3) is 5.91 Å². The maximum absolute atomic E-state index is 12.9. The molecule has 21 heavy (non-hydrogen) atoms. The minimum absolute atomic E-state index is 0.0403. The third-order valence-electron chi connectivity index (χ3n) is 2.96. The number of aromatic nitrogens is 1. The van der Waals surface area contributed by atoms with Crippen LogP contribution in [0.25, 0.3) is 0 Å². The summed E-state index contributed by atoms with van der Waals surface area (Å²) in [7, 11) is 1.43. The van der Waals surface area contributed by atoms with E-state index in [1.165, 1.54) is 42.4 Å². The summed E-state index contributed by atoms with van der Waals surface area (Å²) >= 11 is 5.70. The molecule has 1 amide bonds. The minimum Gasteiger partial charge on any atom is -0.356 e. The lowest BCUT2D eigenvalue weighted by Gasteiger charge is -2.19. The number of hydrogen-bond donors (Lipinski definition) is 1. The number of nitrogens with zero attached hydrogens (tertiary/aromatic N) is 1. The standard InChI is InChI=1S/C14H12ClF3N2O/c1-20(13(21)12-6-10(15)7-19-12)8-9-4-2-3-5-11(9)14(16,17)18/h2-7,19H,8H2,1H3. The highest BCUT2D eigenvalue weighted by atomic mass is 35.5. The molecule has 0 saturated carbocycles. The molecule has 1 aromatic carbocycles. The van der Waals surface area contributed by atoms with Crippen LogP contribution in [0.4, 0.5) is 13.2 Å². The van der Waals surface area contributed by atoms with Crippen LogP contribution in [0.15, 0.2) is 36.5 Å². The smallest absolute Gasteiger partial charge is 0.356 e. The number of aromatic amines is 1. The van der Waals surface area contributed by atoms with Gasteiger partial charge in [0.1, 0.15) is 5.69 Å². The van der Waals surface area contributed by atoms with Crippen LogP contribution in [-0.2, 0) is 12.7 Å². The summed E-state index contributed by atoms with van der Waals surface area (Å²) in [5, 5.41) is 0.363. The zero-order valence-electron chi connectivity index (χ0n) is 11.0. The summed E-state index contributed by atoms with van der Waals surface area (Å²) < 4.78 is 38.7. The molecule has 0 aliphatic rings. The number of hydrogen-bond acceptors (Lipinski definition) is 1. The largest absolute Gasteiger partial charge is 0.416 e. The van der Waals surface area contributed by atoms with Crippen molar-refractivity contribution >= 4 is 17.5 Å². The number of nitrogens with one attached hydrogen (secondary N) is 1. The SMILES string of the molecule is CN(Cc1ccccc1C(F)(F)F)C(=O)c1cc(Cl)c[nH]1. The highest BCUT2D eigenvalue weighted by molar-refractivity contribution is 6.30. The monoisotopic (exact) mass is 316 g/mol. The molecule has 0 aliphatic carbocycles. The first-order chi connectivity index (χ1) is 9.79. The number of carbonyl (C=O) groups excluding carboxylic acids is 1. The summed E-state index contributed by atoms with van der Waals surface area (Å²) in [6, 6.07) is 6.61. The number of H-pyrrole nitrogens is 1. The number of alkyl halides is 3. The van der Waals surface area contributed by atoms with Gasteiger partial charge in [-0.2, -0.15) is 13.2 Å². The third-order valence-corrected chi connectivity index (χ3v) is 3.17. The van der Waals surface area contributed by atoms with Crippen molar-refractivity contribution in [2.75, 3.05) is 7.05 Å². The van der Waals surface area contributed by atoms with Crippen molar-refractivity contribution in [3.8, 4) is 0 Å². The van der Waals surface area contributed by atoms with Crippen LogP contribution in [0, 0.1) is 0 Å². The fourth-order valence-electron chi connectivity index (χ4n) is 1.96. The minimum atomic E-state index is -4.45. The van der Waals surface area contributed by atoms with Crippen molar-refractivity contribution in [1.82, 2.24) is 9.88 Å². The summed E-state index contributed by atoms with van der Waals surface area (Å²) in [5.41, 5.74) is -0.473. The molecule has 1 N–H and O–H groups in total. The molecule has 2 rings (SSSR count). The number of carbonyl (C=O) groups is 1. The van der Waals surface area contributed by atoms with Gasteiger partial charge in [-0.05, 0) is 17.7 Å². The Bertz CT molecular complexity index is 652. The highest BCUT2D eigenvalue weighted by Gasteiger charge is 2.33. The molecule has 0 bridgehead atoms. The lowest BCUT2D eigenvalue weighted by atomic mass is 10.1. The van der Waals surface area contributed by atoms with Crippen LogP contribution in [0.3, 0.4) is 0 Å². The number of benzene rings is 1. The van der Waals surface area contributed by atoms with Gasteiger partial charge in [-0.3, -0.25) is 4.79 Å². The average Bonchev–Trinajstić information content (AvgIpc) is 2.84. The Balaban J connectivity index is 2.20. The van der Waals surface area contributed by atoms with Crippen LogP contribution < -0.4 is 0 Å². The Hall–Kier alpha value is -1.95.